The van der Waals surface area contributed by atoms with E-state index in [0.29, 0.717) is 6.54 Å². The maximum atomic E-state index is 13.0. The Morgan fingerprint density at radius 2 is 2.05 bits per heavy atom. The van der Waals surface area contributed by atoms with E-state index in [0.717, 1.165) is 25.1 Å². The summed E-state index contributed by atoms with van der Waals surface area (Å²) < 4.78 is 13.0. The maximum absolute atomic E-state index is 13.0. The summed E-state index contributed by atoms with van der Waals surface area (Å²) in [5.41, 5.74) is 0.917. The highest BCUT2D eigenvalue weighted by atomic mass is 19.1. The Kier molecular flexibility index (Phi) is 5.53. The summed E-state index contributed by atoms with van der Waals surface area (Å²) in [5.74, 6) is 0.0295. The SMILES string of the molecule is CC(O)C1CCN(CC(=O)N(C)C(C)c2ccc(F)cc2)C1. The monoisotopic (exact) mass is 308 g/mol. The Bertz CT molecular complexity index is 504. The average molecular weight is 308 g/mol. The second kappa shape index (κ2) is 7.20. The molecule has 1 saturated heterocycles. The number of likely N-dealkylation sites (tertiary alicyclic amines) is 1. The molecular formula is C17H25FN2O2. The van der Waals surface area contributed by atoms with Gasteiger partial charge in [0.05, 0.1) is 18.7 Å². The molecule has 1 aliphatic heterocycles. The van der Waals surface area contributed by atoms with Crippen molar-refractivity contribution in [3.8, 4) is 0 Å². The van der Waals surface area contributed by atoms with Crippen LogP contribution in [0.15, 0.2) is 24.3 Å². The quantitative estimate of drug-likeness (QED) is 0.905. The molecule has 4 nitrogen and oxygen atoms in total. The zero-order valence-electron chi connectivity index (χ0n) is 13.5. The van der Waals surface area contributed by atoms with Crippen molar-refractivity contribution >= 4 is 5.91 Å². The fraction of sp³-hybridized carbons (Fsp3) is 0.588. The zero-order chi connectivity index (χ0) is 16.3. The highest BCUT2D eigenvalue weighted by molar-refractivity contribution is 5.78. The molecular weight excluding hydrogens is 283 g/mol. The predicted molar refractivity (Wildman–Crippen MR) is 83.8 cm³/mol. The number of rotatable bonds is 5. The number of halogens is 1. The number of amides is 1. The lowest BCUT2D eigenvalue weighted by molar-refractivity contribution is -0.132. The molecule has 3 atom stereocenters. The lowest BCUT2D eigenvalue weighted by Crippen LogP contribution is -2.39. The van der Waals surface area contributed by atoms with E-state index in [4.69, 9.17) is 0 Å². The molecule has 1 fully saturated rings. The van der Waals surface area contributed by atoms with Gasteiger partial charge in [-0.25, -0.2) is 4.39 Å². The van der Waals surface area contributed by atoms with E-state index in [2.05, 4.69) is 4.90 Å². The number of aliphatic hydroxyl groups excluding tert-OH is 1. The first kappa shape index (κ1) is 16.9. The zero-order valence-corrected chi connectivity index (χ0v) is 13.5. The lowest BCUT2D eigenvalue weighted by Gasteiger charge is -2.27. The van der Waals surface area contributed by atoms with Crippen LogP contribution in [0.2, 0.25) is 0 Å². The lowest BCUT2D eigenvalue weighted by atomic mass is 10.0. The first-order valence-electron chi connectivity index (χ1n) is 7.80. The molecule has 3 unspecified atom stereocenters. The molecule has 1 aromatic carbocycles. The molecule has 5 heteroatoms. The molecule has 2 rings (SSSR count). The summed E-state index contributed by atoms with van der Waals surface area (Å²) >= 11 is 0. The number of hydrogen-bond donors (Lipinski definition) is 1. The average Bonchev–Trinajstić information content (AvgIpc) is 2.95. The summed E-state index contributed by atoms with van der Waals surface area (Å²) in [6.45, 7) is 5.72. The van der Waals surface area contributed by atoms with Crippen molar-refractivity contribution in [1.29, 1.82) is 0 Å². The fourth-order valence-corrected chi connectivity index (χ4v) is 2.88. The topological polar surface area (TPSA) is 43.8 Å². The van der Waals surface area contributed by atoms with Gasteiger partial charge in [-0.15, -0.1) is 0 Å². The number of hydrogen-bond acceptors (Lipinski definition) is 3. The molecule has 1 heterocycles. The summed E-state index contributed by atoms with van der Waals surface area (Å²) in [7, 11) is 1.78. The van der Waals surface area contributed by atoms with Crippen molar-refractivity contribution in [1.82, 2.24) is 9.80 Å². The van der Waals surface area contributed by atoms with Crippen molar-refractivity contribution in [2.75, 3.05) is 26.7 Å². The van der Waals surface area contributed by atoms with Crippen molar-refractivity contribution < 1.29 is 14.3 Å². The maximum Gasteiger partial charge on any atom is 0.236 e. The summed E-state index contributed by atoms with van der Waals surface area (Å²) in [4.78, 5) is 16.2. The van der Waals surface area contributed by atoms with Gasteiger partial charge in [0.25, 0.3) is 0 Å². The number of carbonyl (C=O) groups is 1. The Balaban J connectivity index is 1.90. The van der Waals surface area contributed by atoms with Gasteiger partial charge in [-0.2, -0.15) is 0 Å². The number of nitrogens with zero attached hydrogens (tertiary/aromatic N) is 2. The molecule has 1 aliphatic rings. The van der Waals surface area contributed by atoms with Crippen LogP contribution in [0.1, 0.15) is 31.9 Å². The molecule has 22 heavy (non-hydrogen) atoms. The van der Waals surface area contributed by atoms with Gasteiger partial charge >= 0.3 is 0 Å². The number of likely N-dealkylation sites (N-methyl/N-ethyl adjacent to an activating group) is 1. The van der Waals surface area contributed by atoms with Gasteiger partial charge < -0.3 is 10.0 Å². The van der Waals surface area contributed by atoms with Crippen LogP contribution < -0.4 is 0 Å². The van der Waals surface area contributed by atoms with Gasteiger partial charge in [0.15, 0.2) is 0 Å². The molecule has 1 aromatic rings. The Morgan fingerprint density at radius 3 is 2.59 bits per heavy atom. The highest BCUT2D eigenvalue weighted by Gasteiger charge is 2.28. The third-order valence-corrected chi connectivity index (χ3v) is 4.68. The van der Waals surface area contributed by atoms with Gasteiger partial charge in [0.1, 0.15) is 5.82 Å². The molecule has 0 aromatic heterocycles. The standard InChI is InChI=1S/C17H25FN2O2/c1-12(14-4-6-16(18)7-5-14)19(3)17(22)11-20-9-8-15(10-20)13(2)21/h4-7,12-13,15,21H,8-11H2,1-3H3. The molecule has 0 bridgehead atoms. The van der Waals surface area contributed by atoms with E-state index in [-0.39, 0.29) is 29.8 Å². The van der Waals surface area contributed by atoms with Crippen molar-refractivity contribution in [2.24, 2.45) is 5.92 Å². The fourth-order valence-electron chi connectivity index (χ4n) is 2.88. The van der Waals surface area contributed by atoms with Crippen molar-refractivity contribution in [3.63, 3.8) is 0 Å². The van der Waals surface area contributed by atoms with Crippen LogP contribution in [-0.4, -0.2) is 53.6 Å². The van der Waals surface area contributed by atoms with Crippen LogP contribution in [-0.2, 0) is 4.79 Å². The first-order valence-corrected chi connectivity index (χ1v) is 7.80. The Morgan fingerprint density at radius 1 is 1.41 bits per heavy atom. The van der Waals surface area contributed by atoms with Gasteiger partial charge in [-0.3, -0.25) is 9.69 Å². The van der Waals surface area contributed by atoms with Gasteiger partial charge in [-0.05, 0) is 50.4 Å². The van der Waals surface area contributed by atoms with E-state index >= 15 is 0 Å². The molecule has 0 spiro atoms. The minimum absolute atomic E-state index is 0.0445. The van der Waals surface area contributed by atoms with E-state index in [1.165, 1.54) is 12.1 Å². The number of aliphatic hydroxyl groups is 1. The first-order chi connectivity index (χ1) is 10.4. The van der Waals surface area contributed by atoms with Crippen LogP contribution in [0.3, 0.4) is 0 Å². The largest absolute Gasteiger partial charge is 0.393 e. The summed E-state index contributed by atoms with van der Waals surface area (Å²) in [6, 6.07) is 6.16. The van der Waals surface area contributed by atoms with Crippen LogP contribution in [0.25, 0.3) is 0 Å². The molecule has 0 aliphatic carbocycles. The normalized spacial score (nSPS) is 21.6. The second-order valence-electron chi connectivity index (χ2n) is 6.26. The van der Waals surface area contributed by atoms with E-state index in [1.54, 1.807) is 31.0 Å². The summed E-state index contributed by atoms with van der Waals surface area (Å²) in [6.07, 6.45) is 0.610. The van der Waals surface area contributed by atoms with E-state index < -0.39 is 0 Å². The van der Waals surface area contributed by atoms with Crippen LogP contribution in [0.5, 0.6) is 0 Å². The van der Waals surface area contributed by atoms with Crippen LogP contribution in [0.4, 0.5) is 4.39 Å². The van der Waals surface area contributed by atoms with Gasteiger partial charge in [0, 0.05) is 13.6 Å². The Labute approximate surface area is 131 Å². The van der Waals surface area contributed by atoms with Gasteiger partial charge in [0.2, 0.25) is 5.91 Å². The molecule has 0 radical (unpaired) electrons. The Hall–Kier alpha value is -1.46. The van der Waals surface area contributed by atoms with Crippen LogP contribution in [0, 0.1) is 11.7 Å². The molecule has 0 saturated carbocycles. The van der Waals surface area contributed by atoms with Crippen LogP contribution >= 0.6 is 0 Å². The highest BCUT2D eigenvalue weighted by Crippen LogP contribution is 2.22. The third-order valence-electron chi connectivity index (χ3n) is 4.68. The molecule has 122 valence electrons. The van der Waals surface area contributed by atoms with E-state index in [9.17, 15) is 14.3 Å². The third kappa shape index (κ3) is 4.05. The van der Waals surface area contributed by atoms with Crippen molar-refractivity contribution in [2.45, 2.75) is 32.4 Å². The second-order valence-corrected chi connectivity index (χ2v) is 6.26. The smallest absolute Gasteiger partial charge is 0.236 e. The minimum atomic E-state index is -0.323. The van der Waals surface area contributed by atoms with Crippen molar-refractivity contribution in [3.05, 3.63) is 35.6 Å². The predicted octanol–water partition coefficient (Wildman–Crippen LogP) is 2.05. The minimum Gasteiger partial charge on any atom is -0.393 e. The molecule has 1 amide bonds. The number of benzene rings is 1. The van der Waals surface area contributed by atoms with E-state index in [1.807, 2.05) is 6.92 Å². The summed E-state index contributed by atoms with van der Waals surface area (Å²) in [5, 5.41) is 9.62. The molecule has 1 N–H and O–H groups in total. The number of carbonyl (C=O) groups excluding carboxylic acids is 1. The van der Waals surface area contributed by atoms with Gasteiger partial charge in [-0.1, -0.05) is 12.1 Å².